The Balaban J connectivity index is 1.44. The number of pyridine rings is 1. The molecule has 2 amide bonds. The van der Waals surface area contributed by atoms with E-state index < -0.39 is 16.9 Å². The van der Waals surface area contributed by atoms with Gasteiger partial charge in [-0.3, -0.25) is 14.4 Å². The van der Waals surface area contributed by atoms with Crippen LogP contribution in [0.5, 0.6) is 17.2 Å². The number of carbonyl (C=O) groups excluding carboxylic acids is 2. The van der Waals surface area contributed by atoms with Crippen LogP contribution in [0.4, 0.5) is 4.39 Å². The van der Waals surface area contributed by atoms with Gasteiger partial charge in [-0.05, 0) is 107 Å². The fourth-order valence-electron chi connectivity index (χ4n) is 5.83. The van der Waals surface area contributed by atoms with Crippen LogP contribution in [0.2, 0.25) is 0 Å². The number of nitrogens with two attached hydrogens (primary N) is 1. The van der Waals surface area contributed by atoms with Crippen LogP contribution >= 0.6 is 0 Å². The Morgan fingerprint density at radius 2 is 1.66 bits per heavy atom. The van der Waals surface area contributed by atoms with E-state index in [1.807, 2.05) is 6.07 Å². The summed E-state index contributed by atoms with van der Waals surface area (Å²) in [6, 6.07) is 9.52. The molecule has 44 heavy (non-hydrogen) atoms. The lowest BCUT2D eigenvalue weighted by Gasteiger charge is -2.31. The first-order valence-electron chi connectivity index (χ1n) is 15.0. The Morgan fingerprint density at radius 3 is 2.23 bits per heavy atom. The lowest BCUT2D eigenvalue weighted by Crippen LogP contribution is -2.46. The van der Waals surface area contributed by atoms with Crippen LogP contribution in [0.3, 0.4) is 0 Å². The number of primary amides is 1. The van der Waals surface area contributed by atoms with Crippen molar-refractivity contribution in [2.75, 3.05) is 0 Å². The second-order valence-corrected chi connectivity index (χ2v) is 12.8. The van der Waals surface area contributed by atoms with Crippen molar-refractivity contribution in [1.29, 1.82) is 0 Å². The van der Waals surface area contributed by atoms with Crippen molar-refractivity contribution in [3.05, 3.63) is 75.5 Å². The van der Waals surface area contributed by atoms with Gasteiger partial charge in [0.2, 0.25) is 11.8 Å². The molecule has 10 heteroatoms. The highest BCUT2D eigenvalue weighted by atomic mass is 19.1. The fourth-order valence-corrected chi connectivity index (χ4v) is 5.83. The highest BCUT2D eigenvalue weighted by Crippen LogP contribution is 2.46. The van der Waals surface area contributed by atoms with E-state index in [9.17, 15) is 23.9 Å². The van der Waals surface area contributed by atoms with Gasteiger partial charge in [0.15, 0.2) is 0 Å². The predicted molar refractivity (Wildman–Crippen MR) is 164 cm³/mol. The molecule has 0 aliphatic heterocycles. The normalized spacial score (nSPS) is 19.2. The van der Waals surface area contributed by atoms with Crippen LogP contribution in [0.1, 0.15) is 69.1 Å². The number of benzene rings is 2. The Hall–Kier alpha value is -4.18. The van der Waals surface area contributed by atoms with Gasteiger partial charge in [0.1, 0.15) is 28.5 Å². The first-order chi connectivity index (χ1) is 20.7. The average Bonchev–Trinajstić information content (AvgIpc) is 3.76. The van der Waals surface area contributed by atoms with Crippen molar-refractivity contribution in [1.82, 2.24) is 9.88 Å². The van der Waals surface area contributed by atoms with E-state index in [-0.39, 0.29) is 29.4 Å². The summed E-state index contributed by atoms with van der Waals surface area (Å²) in [4.78, 5) is 37.2. The lowest BCUT2D eigenvalue weighted by molar-refractivity contribution is -0.136. The Labute approximate surface area is 256 Å². The summed E-state index contributed by atoms with van der Waals surface area (Å²) in [5, 5.41) is 13.8. The average molecular weight is 606 g/mol. The number of hydrogen-bond acceptors (Lipinski definition) is 6. The highest BCUT2D eigenvalue weighted by Gasteiger charge is 2.55. The number of aliphatic hydroxyl groups is 1. The largest absolute Gasteiger partial charge is 0.490 e. The van der Waals surface area contributed by atoms with Crippen LogP contribution < -0.4 is 26.1 Å². The Bertz CT molecular complexity index is 1640. The lowest BCUT2D eigenvalue weighted by atomic mass is 9.91. The molecule has 1 aromatic heterocycles. The summed E-state index contributed by atoms with van der Waals surface area (Å²) in [6.07, 6.45) is 4.99. The number of amides is 2. The standard InChI is InChI=1S/C34H40FN3O6/c1-19-14-22(35)15-20(2)30(19)44-27-11-6-21(33(3,4)42)16-25(27)26-18-38(5)29(39)17-28(26)43-24-9-7-23(8-10-24)37-32(41)34(12-13-34)31(36)40/h6,11,14-18,23-24,42H,7-10,12-13H2,1-5H3,(H2,36,40)(H,37,41)/t23-,24-. The minimum absolute atomic E-state index is 0.0899. The minimum atomic E-state index is -1.16. The highest BCUT2D eigenvalue weighted by molar-refractivity contribution is 6.07. The van der Waals surface area contributed by atoms with Gasteiger partial charge >= 0.3 is 0 Å². The van der Waals surface area contributed by atoms with E-state index in [1.165, 1.54) is 22.8 Å². The van der Waals surface area contributed by atoms with Crippen LogP contribution in [-0.4, -0.2) is 33.6 Å². The molecule has 0 unspecified atom stereocenters. The van der Waals surface area contributed by atoms with Gasteiger partial charge in [-0.1, -0.05) is 6.07 Å². The zero-order valence-corrected chi connectivity index (χ0v) is 25.8. The molecular formula is C34H40FN3O6. The molecule has 2 saturated carbocycles. The van der Waals surface area contributed by atoms with Crippen molar-refractivity contribution < 1.29 is 28.6 Å². The molecule has 0 atom stereocenters. The molecule has 0 spiro atoms. The summed E-state index contributed by atoms with van der Waals surface area (Å²) in [5.41, 5.74) is 6.06. The van der Waals surface area contributed by atoms with Gasteiger partial charge in [0, 0.05) is 36.5 Å². The smallest absolute Gasteiger partial charge is 0.254 e. The molecule has 4 N–H and O–H groups in total. The minimum Gasteiger partial charge on any atom is -0.490 e. The maximum absolute atomic E-state index is 14.0. The third-order valence-electron chi connectivity index (χ3n) is 8.76. The molecule has 234 valence electrons. The van der Waals surface area contributed by atoms with E-state index in [2.05, 4.69) is 5.32 Å². The Kier molecular flexibility index (Phi) is 8.33. The Morgan fingerprint density at radius 1 is 1.02 bits per heavy atom. The van der Waals surface area contributed by atoms with Crippen molar-refractivity contribution in [3.8, 4) is 28.4 Å². The molecule has 3 aromatic rings. The molecule has 9 nitrogen and oxygen atoms in total. The summed E-state index contributed by atoms with van der Waals surface area (Å²) in [6.45, 7) is 6.91. The molecule has 2 aliphatic carbocycles. The third kappa shape index (κ3) is 6.36. The topological polar surface area (TPSA) is 133 Å². The third-order valence-corrected chi connectivity index (χ3v) is 8.76. The van der Waals surface area contributed by atoms with E-state index >= 15 is 0 Å². The number of halogens is 1. The number of nitrogens with one attached hydrogen (secondary N) is 1. The second-order valence-electron chi connectivity index (χ2n) is 12.8. The van der Waals surface area contributed by atoms with Crippen molar-refractivity contribution in [2.24, 2.45) is 18.2 Å². The predicted octanol–water partition coefficient (Wildman–Crippen LogP) is 4.90. The molecule has 1 heterocycles. The number of aromatic nitrogens is 1. The van der Waals surface area contributed by atoms with Crippen LogP contribution in [-0.2, 0) is 22.2 Å². The summed E-state index contributed by atoms with van der Waals surface area (Å²) >= 11 is 0. The van der Waals surface area contributed by atoms with Crippen LogP contribution in [0, 0.1) is 25.1 Å². The maximum atomic E-state index is 14.0. The van der Waals surface area contributed by atoms with Crippen LogP contribution in [0.15, 0.2) is 47.4 Å². The number of hydrogen-bond donors (Lipinski definition) is 3. The molecule has 0 bridgehead atoms. The molecule has 2 fully saturated rings. The zero-order valence-electron chi connectivity index (χ0n) is 25.8. The molecule has 0 saturated heterocycles. The molecule has 2 aliphatic rings. The SMILES string of the molecule is Cc1cc(F)cc(C)c1Oc1ccc(C(C)(C)O)cc1-c1cn(C)c(=O)cc1O[C@H]1CC[C@H](NC(=O)C2(C(N)=O)CC2)CC1. The van der Waals surface area contributed by atoms with Crippen LogP contribution in [0.25, 0.3) is 11.1 Å². The quantitative estimate of drug-likeness (QED) is 0.297. The second kappa shape index (κ2) is 11.7. The molecule has 5 rings (SSSR count). The van der Waals surface area contributed by atoms with E-state index in [0.29, 0.717) is 83.6 Å². The number of rotatable bonds is 9. The number of nitrogens with zero attached hydrogens (tertiary/aromatic N) is 1. The van der Waals surface area contributed by atoms with E-state index in [0.717, 1.165) is 0 Å². The fraction of sp³-hybridized carbons (Fsp3) is 0.441. The van der Waals surface area contributed by atoms with Gasteiger partial charge < -0.3 is 30.2 Å². The van der Waals surface area contributed by atoms with Gasteiger partial charge in [-0.25, -0.2) is 4.39 Å². The summed E-state index contributed by atoms with van der Waals surface area (Å²) < 4.78 is 28.4. The maximum Gasteiger partial charge on any atom is 0.254 e. The van der Waals surface area contributed by atoms with E-state index in [1.54, 1.807) is 53.1 Å². The summed E-state index contributed by atoms with van der Waals surface area (Å²) in [7, 11) is 1.65. The van der Waals surface area contributed by atoms with E-state index in [4.69, 9.17) is 15.2 Å². The number of aryl methyl sites for hydroxylation is 3. The van der Waals surface area contributed by atoms with Crippen molar-refractivity contribution in [2.45, 2.75) is 84.0 Å². The number of ether oxygens (including phenoxy) is 2. The monoisotopic (exact) mass is 605 g/mol. The van der Waals surface area contributed by atoms with Crippen molar-refractivity contribution in [3.63, 3.8) is 0 Å². The van der Waals surface area contributed by atoms with Gasteiger partial charge in [0.25, 0.3) is 5.56 Å². The molecule has 2 aromatic carbocycles. The van der Waals surface area contributed by atoms with Gasteiger partial charge in [0.05, 0.1) is 11.7 Å². The summed E-state index contributed by atoms with van der Waals surface area (Å²) in [5.74, 6) is 0.111. The molecule has 0 radical (unpaired) electrons. The van der Waals surface area contributed by atoms with Gasteiger partial charge in [-0.2, -0.15) is 0 Å². The first kappa shape index (κ1) is 31.3. The molecular weight excluding hydrogens is 565 g/mol. The van der Waals surface area contributed by atoms with Gasteiger partial charge in [-0.15, -0.1) is 0 Å². The number of carbonyl (C=O) groups is 2. The van der Waals surface area contributed by atoms with Crippen molar-refractivity contribution >= 4 is 11.8 Å². The first-order valence-corrected chi connectivity index (χ1v) is 15.0. The zero-order chi connectivity index (χ0) is 32.0.